The van der Waals surface area contributed by atoms with Gasteiger partial charge in [-0.05, 0) is 66.5 Å². The Morgan fingerprint density at radius 2 is 1.82 bits per heavy atom. The predicted octanol–water partition coefficient (Wildman–Crippen LogP) is 1.91. The number of hydrogen-bond acceptors (Lipinski definition) is 9. The van der Waals surface area contributed by atoms with Crippen LogP contribution in [0.3, 0.4) is 0 Å². The van der Waals surface area contributed by atoms with Crippen LogP contribution in [0.4, 0.5) is 9.18 Å². The van der Waals surface area contributed by atoms with Gasteiger partial charge in [-0.15, -0.1) is 0 Å². The van der Waals surface area contributed by atoms with E-state index in [-0.39, 0.29) is 47.9 Å². The largest absolute Gasteiger partial charge is 0.444 e. The minimum absolute atomic E-state index is 0.0657. The Balaban J connectivity index is 1.14. The van der Waals surface area contributed by atoms with E-state index in [1.807, 2.05) is 20.8 Å². The average molecular weight is 633 g/mol. The van der Waals surface area contributed by atoms with Gasteiger partial charge in [-0.1, -0.05) is 12.8 Å². The standard InChI is InChI=1S/C33H53FN6O5/c1-33(2,3)45-32(43)36-21-10-13-39(19-21)28-24(34)18-22-27-30(28)44-26-9-6-5-8-25(26)40(27)20-23(29(22)41)31(42)35-11-7-12-38-16-14-37(4)15-17-38/h20-22,24-28,30H,5-19H2,1-4H3,(H,35,42)(H,36,43). The number of ether oxygens (including phenoxy) is 2. The lowest BCUT2D eigenvalue weighted by molar-refractivity contribution is -0.209. The SMILES string of the molecule is CN1CCN(CCCNC(=O)C2=CN3C4CCCCC4OC4C(N5CCC(NC(=O)OC(C)(C)C)C5)C(F)CC(C2=O)C43)CC1. The zero-order chi connectivity index (χ0) is 31.9. The van der Waals surface area contributed by atoms with E-state index >= 15 is 4.39 Å². The monoisotopic (exact) mass is 632 g/mol. The van der Waals surface area contributed by atoms with E-state index in [0.717, 1.165) is 64.8 Å². The summed E-state index contributed by atoms with van der Waals surface area (Å²) in [5.41, 5.74) is -0.434. The number of Topliss-reactive ketones (excluding diaryl/α,β-unsaturated/α-hetero) is 1. The highest BCUT2D eigenvalue weighted by molar-refractivity contribution is 6.20. The van der Waals surface area contributed by atoms with Crippen LogP contribution < -0.4 is 10.6 Å². The second-order valence-electron chi connectivity index (χ2n) is 15.1. The summed E-state index contributed by atoms with van der Waals surface area (Å²) in [4.78, 5) is 48.8. The highest BCUT2D eigenvalue weighted by atomic mass is 19.1. The number of likely N-dealkylation sites (tertiary alicyclic amines) is 1. The molecule has 45 heavy (non-hydrogen) atoms. The number of likely N-dealkylation sites (N-methyl/N-ethyl adjacent to an activating group) is 1. The van der Waals surface area contributed by atoms with Gasteiger partial charge >= 0.3 is 6.09 Å². The van der Waals surface area contributed by atoms with Gasteiger partial charge in [0.25, 0.3) is 5.91 Å². The third-order valence-electron chi connectivity index (χ3n) is 10.7. The Morgan fingerprint density at radius 1 is 1.07 bits per heavy atom. The number of alkyl carbamates (subject to hydrolysis) is 1. The molecule has 2 saturated carbocycles. The molecule has 4 heterocycles. The maximum Gasteiger partial charge on any atom is 0.407 e. The number of morpholine rings is 1. The van der Waals surface area contributed by atoms with Gasteiger partial charge in [0.05, 0.1) is 35.9 Å². The van der Waals surface area contributed by atoms with Crippen molar-refractivity contribution >= 4 is 17.8 Å². The van der Waals surface area contributed by atoms with Crippen molar-refractivity contribution in [3.05, 3.63) is 11.8 Å². The summed E-state index contributed by atoms with van der Waals surface area (Å²) in [6, 6.07) is -0.896. The lowest BCUT2D eigenvalue weighted by Crippen LogP contribution is -2.73. The molecule has 2 N–H and O–H groups in total. The molecule has 8 atom stereocenters. The number of carbonyl (C=O) groups excluding carboxylic acids is 3. The minimum Gasteiger partial charge on any atom is -0.444 e. The van der Waals surface area contributed by atoms with E-state index in [2.05, 4.69) is 37.3 Å². The molecule has 0 aromatic rings. The second kappa shape index (κ2) is 13.4. The van der Waals surface area contributed by atoms with Crippen LogP contribution in [0.5, 0.6) is 0 Å². The Morgan fingerprint density at radius 3 is 2.58 bits per heavy atom. The van der Waals surface area contributed by atoms with Crippen molar-refractivity contribution in [2.75, 3.05) is 59.4 Å². The number of halogens is 1. The van der Waals surface area contributed by atoms with Crippen LogP contribution in [-0.4, -0.2) is 145 Å². The third-order valence-corrected chi connectivity index (χ3v) is 10.7. The van der Waals surface area contributed by atoms with Crippen molar-refractivity contribution in [1.29, 1.82) is 0 Å². The summed E-state index contributed by atoms with van der Waals surface area (Å²) in [7, 11) is 2.13. The molecule has 0 bridgehead atoms. The van der Waals surface area contributed by atoms with E-state index < -0.39 is 35.9 Å². The molecule has 11 nitrogen and oxygen atoms in total. The predicted molar refractivity (Wildman–Crippen MR) is 167 cm³/mol. The first-order valence-corrected chi connectivity index (χ1v) is 17.2. The quantitative estimate of drug-likeness (QED) is 0.322. The molecular weight excluding hydrogens is 579 g/mol. The number of nitrogens with one attached hydrogen (secondary N) is 2. The molecule has 8 unspecified atom stereocenters. The van der Waals surface area contributed by atoms with E-state index in [0.29, 0.717) is 26.1 Å². The highest BCUT2D eigenvalue weighted by Crippen LogP contribution is 2.47. The summed E-state index contributed by atoms with van der Waals surface area (Å²) in [6.45, 7) is 12.2. The number of fused-ring (bicyclic) bond motifs is 2. The normalized spacial score (nSPS) is 36.2. The van der Waals surface area contributed by atoms with Gasteiger partial charge in [-0.25, -0.2) is 9.18 Å². The first-order valence-electron chi connectivity index (χ1n) is 17.2. The van der Waals surface area contributed by atoms with E-state index in [9.17, 15) is 14.4 Å². The fraction of sp³-hybridized carbons (Fsp3) is 0.848. The van der Waals surface area contributed by atoms with E-state index in [1.54, 1.807) is 6.20 Å². The van der Waals surface area contributed by atoms with Crippen LogP contribution in [-0.2, 0) is 19.1 Å². The number of carbonyl (C=O) groups is 3. The van der Waals surface area contributed by atoms with Gasteiger partial charge in [0, 0.05) is 64.0 Å². The zero-order valence-electron chi connectivity index (χ0n) is 27.5. The molecule has 4 aliphatic heterocycles. The van der Waals surface area contributed by atoms with Gasteiger partial charge in [-0.2, -0.15) is 0 Å². The van der Waals surface area contributed by atoms with Crippen molar-refractivity contribution < 1.29 is 28.2 Å². The van der Waals surface area contributed by atoms with Gasteiger partial charge < -0.3 is 34.8 Å². The maximum absolute atomic E-state index is 16.3. The number of rotatable bonds is 7. The molecule has 252 valence electrons. The summed E-state index contributed by atoms with van der Waals surface area (Å²) in [5.74, 6) is -1.23. The Labute approximate surface area is 267 Å². The van der Waals surface area contributed by atoms with Crippen LogP contribution in [0.2, 0.25) is 0 Å². The molecule has 3 saturated heterocycles. The zero-order valence-corrected chi connectivity index (χ0v) is 27.5. The maximum atomic E-state index is 16.3. The summed E-state index contributed by atoms with van der Waals surface area (Å²) >= 11 is 0. The molecule has 6 aliphatic rings. The molecule has 0 radical (unpaired) electrons. The van der Waals surface area contributed by atoms with Crippen molar-refractivity contribution in [3.8, 4) is 0 Å². The topological polar surface area (TPSA) is 107 Å². The molecular formula is C33H53FN6O5. The number of hydrogen-bond donors (Lipinski definition) is 2. The van der Waals surface area contributed by atoms with Crippen LogP contribution >= 0.6 is 0 Å². The molecule has 5 fully saturated rings. The summed E-state index contributed by atoms with van der Waals surface area (Å²) in [5, 5.41) is 5.96. The molecule has 0 spiro atoms. The van der Waals surface area contributed by atoms with Crippen molar-refractivity contribution in [1.82, 2.24) is 30.2 Å². The molecule has 12 heteroatoms. The van der Waals surface area contributed by atoms with Crippen molar-refractivity contribution in [3.63, 3.8) is 0 Å². The fourth-order valence-electron chi connectivity index (χ4n) is 8.48. The Bertz CT molecular complexity index is 1140. The lowest BCUT2D eigenvalue weighted by atomic mass is 9.69. The fourth-order valence-corrected chi connectivity index (χ4v) is 8.48. The molecule has 2 amide bonds. The molecule has 0 aromatic heterocycles. The number of amides is 2. The van der Waals surface area contributed by atoms with Crippen LogP contribution in [0.25, 0.3) is 0 Å². The second-order valence-corrected chi connectivity index (χ2v) is 15.1. The van der Waals surface area contributed by atoms with Crippen LogP contribution in [0.1, 0.15) is 65.7 Å². The van der Waals surface area contributed by atoms with Crippen molar-refractivity contribution in [2.45, 2.75) is 114 Å². The number of piperazine rings is 1. The number of alkyl halides is 1. The van der Waals surface area contributed by atoms with Gasteiger partial charge in [0.2, 0.25) is 0 Å². The van der Waals surface area contributed by atoms with Gasteiger partial charge in [-0.3, -0.25) is 14.5 Å². The average Bonchev–Trinajstić information content (AvgIpc) is 3.43. The highest BCUT2D eigenvalue weighted by Gasteiger charge is 2.60. The minimum atomic E-state index is -1.28. The van der Waals surface area contributed by atoms with E-state index in [1.165, 1.54) is 0 Å². The molecule has 6 rings (SSSR count). The molecule has 0 aromatic carbocycles. The number of nitrogens with zero attached hydrogens (tertiary/aromatic N) is 4. The Kier molecular flexibility index (Phi) is 9.76. The number of ketones is 1. The van der Waals surface area contributed by atoms with Crippen LogP contribution in [0, 0.1) is 5.92 Å². The van der Waals surface area contributed by atoms with Gasteiger partial charge in [0.1, 0.15) is 11.8 Å². The smallest absolute Gasteiger partial charge is 0.407 e. The van der Waals surface area contributed by atoms with Crippen molar-refractivity contribution in [2.24, 2.45) is 5.92 Å². The summed E-state index contributed by atoms with van der Waals surface area (Å²) < 4.78 is 28.5. The third kappa shape index (κ3) is 7.18. The first kappa shape index (κ1) is 32.7. The van der Waals surface area contributed by atoms with Gasteiger partial charge in [0.15, 0.2) is 5.78 Å². The first-order chi connectivity index (χ1) is 21.5. The molecule has 2 aliphatic carbocycles. The summed E-state index contributed by atoms with van der Waals surface area (Å²) in [6.07, 6.45) is 5.00. The lowest BCUT2D eigenvalue weighted by Gasteiger charge is -2.60. The van der Waals surface area contributed by atoms with Crippen LogP contribution in [0.15, 0.2) is 11.8 Å². The Hall–Kier alpha value is -2.28. The van der Waals surface area contributed by atoms with E-state index in [4.69, 9.17) is 9.47 Å².